The molecular weight excluding hydrogens is 288 g/mol. The Kier molecular flexibility index (Phi) is 2.84. The van der Waals surface area contributed by atoms with Crippen LogP contribution in [-0.2, 0) is 0 Å². The quantitative estimate of drug-likeness (QED) is 0.659. The van der Waals surface area contributed by atoms with Crippen molar-refractivity contribution < 1.29 is 4.39 Å². The van der Waals surface area contributed by atoms with Crippen LogP contribution in [0.15, 0.2) is 30.3 Å². The molecule has 3 rings (SSSR count). The van der Waals surface area contributed by atoms with E-state index in [1.807, 2.05) is 0 Å². The Morgan fingerprint density at radius 3 is 2.68 bits per heavy atom. The summed E-state index contributed by atoms with van der Waals surface area (Å²) in [6.45, 7) is 0. The third-order valence-corrected chi connectivity index (χ3v) is 3.22. The maximum atomic E-state index is 13.8. The molecule has 0 radical (unpaired) electrons. The highest BCUT2D eigenvalue weighted by Gasteiger charge is 2.12. The minimum absolute atomic E-state index is 0.291. The molecule has 0 atom stereocenters. The van der Waals surface area contributed by atoms with Crippen molar-refractivity contribution >= 4 is 39.9 Å². The van der Waals surface area contributed by atoms with Crippen LogP contribution in [0.1, 0.15) is 0 Å². The number of rotatable bonds is 1. The molecule has 6 heteroatoms. The van der Waals surface area contributed by atoms with Crippen molar-refractivity contribution in [3.63, 3.8) is 0 Å². The van der Waals surface area contributed by atoms with Gasteiger partial charge in [-0.25, -0.2) is 9.37 Å². The number of nitrogen functional groups attached to an aromatic ring is 1. The van der Waals surface area contributed by atoms with Crippen LogP contribution in [0.25, 0.3) is 22.4 Å². The van der Waals surface area contributed by atoms with Crippen LogP contribution >= 0.6 is 23.2 Å². The number of H-pyrrole nitrogens is 1. The second-order valence-corrected chi connectivity index (χ2v) is 4.97. The zero-order valence-corrected chi connectivity index (χ0v) is 11.1. The molecule has 3 aromatic rings. The van der Waals surface area contributed by atoms with Gasteiger partial charge in [0, 0.05) is 10.0 Å². The third kappa shape index (κ3) is 2.13. The van der Waals surface area contributed by atoms with Gasteiger partial charge in [0.2, 0.25) is 0 Å². The number of fused-ring (bicyclic) bond motifs is 1. The van der Waals surface area contributed by atoms with Crippen LogP contribution < -0.4 is 5.73 Å². The zero-order valence-electron chi connectivity index (χ0n) is 9.55. The Morgan fingerprint density at radius 1 is 1.11 bits per heavy atom. The average molecular weight is 296 g/mol. The highest BCUT2D eigenvalue weighted by molar-refractivity contribution is 6.32. The molecule has 0 saturated heterocycles. The summed E-state index contributed by atoms with van der Waals surface area (Å²) in [4.78, 5) is 7.28. The van der Waals surface area contributed by atoms with Gasteiger partial charge in [0.15, 0.2) is 0 Å². The average Bonchev–Trinajstić information content (AvgIpc) is 2.76. The van der Waals surface area contributed by atoms with Crippen molar-refractivity contribution in [1.82, 2.24) is 9.97 Å². The van der Waals surface area contributed by atoms with Gasteiger partial charge >= 0.3 is 0 Å². The largest absolute Gasteiger partial charge is 0.397 e. The lowest BCUT2D eigenvalue weighted by Crippen LogP contribution is -1.87. The van der Waals surface area contributed by atoms with E-state index in [2.05, 4.69) is 9.97 Å². The molecule has 0 amide bonds. The van der Waals surface area contributed by atoms with Gasteiger partial charge in [0.1, 0.15) is 17.2 Å². The van der Waals surface area contributed by atoms with Gasteiger partial charge in [-0.1, -0.05) is 23.2 Å². The summed E-state index contributed by atoms with van der Waals surface area (Å²) in [6, 6.07) is 7.57. The summed E-state index contributed by atoms with van der Waals surface area (Å²) in [5.41, 5.74) is 7.76. The smallest absolute Gasteiger partial charge is 0.141 e. The fourth-order valence-electron chi connectivity index (χ4n) is 1.91. The number of hydrogen-bond donors (Lipinski definition) is 2. The minimum atomic E-state index is -0.409. The predicted octanol–water partition coefficient (Wildman–Crippen LogP) is 4.26. The predicted molar refractivity (Wildman–Crippen MR) is 75.9 cm³/mol. The lowest BCUT2D eigenvalue weighted by Gasteiger charge is -1.99. The molecule has 3 nitrogen and oxygen atoms in total. The maximum Gasteiger partial charge on any atom is 0.141 e. The van der Waals surface area contributed by atoms with E-state index >= 15 is 0 Å². The van der Waals surface area contributed by atoms with Crippen molar-refractivity contribution in [2.24, 2.45) is 0 Å². The molecule has 1 aromatic heterocycles. The van der Waals surface area contributed by atoms with Crippen molar-refractivity contribution in [2.75, 3.05) is 5.73 Å². The van der Waals surface area contributed by atoms with E-state index in [0.29, 0.717) is 38.2 Å². The Morgan fingerprint density at radius 2 is 1.89 bits per heavy atom. The summed E-state index contributed by atoms with van der Waals surface area (Å²) >= 11 is 11.8. The summed E-state index contributed by atoms with van der Waals surface area (Å²) in [5, 5.41) is 0.926. The molecule has 0 aliphatic rings. The first kappa shape index (κ1) is 12.3. The second-order valence-electron chi connectivity index (χ2n) is 4.10. The molecule has 0 bridgehead atoms. The molecule has 1 heterocycles. The van der Waals surface area contributed by atoms with Gasteiger partial charge in [0.25, 0.3) is 0 Å². The van der Waals surface area contributed by atoms with Crippen molar-refractivity contribution in [3.8, 4) is 11.4 Å². The maximum absolute atomic E-state index is 13.8. The number of nitrogens with one attached hydrogen (secondary N) is 1. The normalized spacial score (nSPS) is 11.1. The molecule has 0 spiro atoms. The number of anilines is 1. The van der Waals surface area contributed by atoms with E-state index in [1.54, 1.807) is 12.1 Å². The number of aromatic nitrogens is 2. The van der Waals surface area contributed by atoms with Gasteiger partial charge in [-0.2, -0.15) is 0 Å². The van der Waals surface area contributed by atoms with E-state index < -0.39 is 5.82 Å². The van der Waals surface area contributed by atoms with E-state index in [0.717, 1.165) is 0 Å². The first-order valence-corrected chi connectivity index (χ1v) is 6.20. The van der Waals surface area contributed by atoms with Crippen LogP contribution in [0.4, 0.5) is 10.1 Å². The van der Waals surface area contributed by atoms with E-state index in [-0.39, 0.29) is 0 Å². The number of halogens is 3. The molecule has 0 saturated carbocycles. The van der Waals surface area contributed by atoms with Gasteiger partial charge < -0.3 is 10.7 Å². The third-order valence-electron chi connectivity index (χ3n) is 2.76. The summed E-state index contributed by atoms with van der Waals surface area (Å²) < 4.78 is 13.8. The number of imidazole rings is 1. The first-order valence-electron chi connectivity index (χ1n) is 5.45. The van der Waals surface area contributed by atoms with Crippen molar-refractivity contribution in [2.45, 2.75) is 0 Å². The van der Waals surface area contributed by atoms with Crippen molar-refractivity contribution in [3.05, 3.63) is 46.2 Å². The molecule has 19 heavy (non-hydrogen) atoms. The molecule has 2 aromatic carbocycles. The van der Waals surface area contributed by atoms with Crippen LogP contribution in [0.5, 0.6) is 0 Å². The van der Waals surface area contributed by atoms with E-state index in [1.165, 1.54) is 18.2 Å². The van der Waals surface area contributed by atoms with Crippen LogP contribution in [0.2, 0.25) is 10.0 Å². The lowest BCUT2D eigenvalue weighted by atomic mass is 10.2. The topological polar surface area (TPSA) is 54.7 Å². The summed E-state index contributed by atoms with van der Waals surface area (Å²) in [5.74, 6) is -0.0444. The van der Waals surface area contributed by atoms with Crippen molar-refractivity contribution in [1.29, 1.82) is 0 Å². The molecule has 0 aliphatic carbocycles. The molecule has 0 aliphatic heterocycles. The van der Waals surface area contributed by atoms with Gasteiger partial charge in [-0.05, 0) is 30.3 Å². The Bertz CT molecular complexity index is 783. The number of benzene rings is 2. The van der Waals surface area contributed by atoms with Gasteiger partial charge in [-0.3, -0.25) is 0 Å². The van der Waals surface area contributed by atoms with Gasteiger partial charge in [-0.15, -0.1) is 0 Å². The van der Waals surface area contributed by atoms with E-state index in [4.69, 9.17) is 28.9 Å². The first-order chi connectivity index (χ1) is 9.04. The monoisotopic (exact) mass is 295 g/mol. The number of aromatic amines is 1. The minimum Gasteiger partial charge on any atom is -0.397 e. The molecule has 3 N–H and O–H groups in total. The Hall–Kier alpha value is -1.78. The summed E-state index contributed by atoms with van der Waals surface area (Å²) in [7, 11) is 0. The number of hydrogen-bond acceptors (Lipinski definition) is 2. The Balaban J connectivity index is 2.26. The Labute approximate surface area is 118 Å². The van der Waals surface area contributed by atoms with Gasteiger partial charge in [0.05, 0.1) is 16.8 Å². The highest BCUT2D eigenvalue weighted by atomic mass is 35.5. The highest BCUT2D eigenvalue weighted by Crippen LogP contribution is 2.29. The fourth-order valence-corrected chi connectivity index (χ4v) is 2.31. The second kappa shape index (κ2) is 4.40. The molecule has 0 fully saturated rings. The summed E-state index contributed by atoms with van der Waals surface area (Å²) in [6.07, 6.45) is 0. The SMILES string of the molecule is Nc1cc(Cl)cc2[nH]c(-c3cc(Cl)ccc3F)nc12. The number of nitrogens with two attached hydrogens (primary N) is 1. The number of nitrogens with zero attached hydrogens (tertiary/aromatic N) is 1. The zero-order chi connectivity index (χ0) is 13.6. The molecule has 0 unspecified atom stereocenters. The van der Waals surface area contributed by atoms with E-state index in [9.17, 15) is 4.39 Å². The van der Waals surface area contributed by atoms with Crippen LogP contribution in [-0.4, -0.2) is 9.97 Å². The lowest BCUT2D eigenvalue weighted by molar-refractivity contribution is 0.630. The molecular formula is C13H8Cl2FN3. The van der Waals surface area contributed by atoms with Crippen LogP contribution in [0.3, 0.4) is 0 Å². The molecule has 96 valence electrons. The standard InChI is InChI=1S/C13H8Cl2FN3/c14-6-1-2-9(16)8(3-6)13-18-11-5-7(15)4-10(17)12(11)19-13/h1-5H,17H2,(H,18,19). The fraction of sp³-hybridized carbons (Fsp3) is 0. The van der Waals surface area contributed by atoms with Crippen LogP contribution in [0, 0.1) is 5.82 Å².